The van der Waals surface area contributed by atoms with Crippen LogP contribution in [-0.2, 0) is 9.53 Å². The second-order valence-corrected chi connectivity index (χ2v) is 11.1. The van der Waals surface area contributed by atoms with Gasteiger partial charge in [-0.25, -0.2) is 4.79 Å². The second kappa shape index (κ2) is 14.1. The van der Waals surface area contributed by atoms with E-state index in [1.807, 2.05) is 19.9 Å². The zero-order valence-corrected chi connectivity index (χ0v) is 23.7. The van der Waals surface area contributed by atoms with Crippen molar-refractivity contribution in [2.75, 3.05) is 26.5 Å². The van der Waals surface area contributed by atoms with Crippen LogP contribution in [0.1, 0.15) is 73.4 Å². The number of carbonyl (C=O) groups excluding carboxylic acids is 4. The quantitative estimate of drug-likeness (QED) is 0.167. The van der Waals surface area contributed by atoms with E-state index >= 15 is 0 Å². The van der Waals surface area contributed by atoms with Gasteiger partial charge in [0.2, 0.25) is 12.2 Å². The van der Waals surface area contributed by atoms with E-state index < -0.39 is 23.6 Å². The number of rotatable bonds is 13. The summed E-state index contributed by atoms with van der Waals surface area (Å²) in [6, 6.07) is 7.92. The van der Waals surface area contributed by atoms with Crippen molar-refractivity contribution in [2.45, 2.75) is 69.3 Å². The number of benzene rings is 1. The first-order valence-corrected chi connectivity index (χ1v) is 14.1. The van der Waals surface area contributed by atoms with Crippen molar-refractivity contribution in [3.63, 3.8) is 0 Å². The minimum absolute atomic E-state index is 0.0671. The van der Waals surface area contributed by atoms with Gasteiger partial charge in [-0.15, -0.1) is 10.2 Å². The van der Waals surface area contributed by atoms with Crippen LogP contribution in [0, 0.1) is 5.92 Å². The Morgan fingerprint density at radius 1 is 1.15 bits per heavy atom. The monoisotopic (exact) mass is 559 g/mol. The van der Waals surface area contributed by atoms with Crippen molar-refractivity contribution in [1.29, 1.82) is 0 Å². The van der Waals surface area contributed by atoms with Crippen LogP contribution < -0.4 is 5.32 Å². The van der Waals surface area contributed by atoms with E-state index in [1.165, 1.54) is 28.7 Å². The fourth-order valence-electron chi connectivity index (χ4n) is 4.75. The Balaban J connectivity index is 1.83. The number of nitrogens with one attached hydrogen (secondary N) is 1. The van der Waals surface area contributed by atoms with E-state index in [0.29, 0.717) is 43.5 Å². The average Bonchev–Trinajstić information content (AvgIpc) is 3.41. The number of carbonyl (C=O) groups is 4. The maximum absolute atomic E-state index is 13.8. The topological polar surface area (TPSA) is 135 Å². The molecule has 212 valence electrons. The maximum Gasteiger partial charge on any atom is 0.409 e. The first kappa shape index (κ1) is 30.1. The normalized spacial score (nSPS) is 15.3. The van der Waals surface area contributed by atoms with Crippen molar-refractivity contribution >= 4 is 36.0 Å². The van der Waals surface area contributed by atoms with Gasteiger partial charge in [-0.05, 0) is 50.2 Å². The largest absolute Gasteiger partial charge is 0.453 e. The Morgan fingerprint density at radius 3 is 2.46 bits per heavy atom. The molecule has 1 aliphatic carbocycles. The molecule has 2 aromatic rings. The number of amides is 3. The molecule has 0 radical (unpaired) electrons. The Labute approximate surface area is 233 Å². The zero-order valence-electron chi connectivity index (χ0n) is 22.9. The summed E-state index contributed by atoms with van der Waals surface area (Å²) >= 11 is 1.21. The molecule has 3 rings (SSSR count). The molecule has 1 saturated carbocycles. The molecular weight excluding hydrogens is 522 g/mol. The third kappa shape index (κ3) is 7.81. The minimum atomic E-state index is -1.02. The summed E-state index contributed by atoms with van der Waals surface area (Å²) in [5.74, 6) is -0.449. The van der Waals surface area contributed by atoms with E-state index in [4.69, 9.17) is 4.42 Å². The lowest BCUT2D eigenvalue weighted by Gasteiger charge is -2.48. The second-order valence-electron chi connectivity index (χ2n) is 10.0. The highest BCUT2D eigenvalue weighted by Crippen LogP contribution is 2.35. The van der Waals surface area contributed by atoms with Crippen LogP contribution in [0.25, 0.3) is 0 Å². The predicted octanol–water partition coefficient (Wildman–Crippen LogP) is 4.01. The van der Waals surface area contributed by atoms with Crippen LogP contribution in [0.15, 0.2) is 40.0 Å². The van der Waals surface area contributed by atoms with Crippen LogP contribution in [0.3, 0.4) is 0 Å². The lowest BCUT2D eigenvalue weighted by molar-refractivity contribution is -0.129. The zero-order chi connectivity index (χ0) is 28.4. The van der Waals surface area contributed by atoms with E-state index in [9.17, 15) is 19.2 Å². The summed E-state index contributed by atoms with van der Waals surface area (Å²) in [4.78, 5) is 54.1. The summed E-state index contributed by atoms with van der Waals surface area (Å²) < 4.78 is 10.3. The third-order valence-corrected chi connectivity index (χ3v) is 7.56. The molecule has 11 nitrogen and oxygen atoms in total. The maximum atomic E-state index is 13.8. The number of methoxy groups -OCH3 is 1. The molecule has 1 fully saturated rings. The average molecular weight is 560 g/mol. The molecule has 0 spiro atoms. The molecule has 0 saturated heterocycles. The Bertz CT molecular complexity index is 1120. The van der Waals surface area contributed by atoms with Gasteiger partial charge < -0.3 is 24.3 Å². The van der Waals surface area contributed by atoms with Crippen LogP contribution in [0.4, 0.5) is 4.79 Å². The first-order valence-electron chi connectivity index (χ1n) is 13.1. The fraction of sp³-hybridized carbons (Fsp3) is 0.556. The van der Waals surface area contributed by atoms with E-state index in [1.54, 1.807) is 31.3 Å². The molecule has 3 amide bonds. The molecule has 1 heterocycles. The van der Waals surface area contributed by atoms with Crippen molar-refractivity contribution in [2.24, 2.45) is 5.92 Å². The van der Waals surface area contributed by atoms with Crippen molar-refractivity contribution < 1.29 is 28.3 Å². The fourth-order valence-corrected chi connectivity index (χ4v) is 5.53. The molecule has 1 N–H and O–H groups in total. The smallest absolute Gasteiger partial charge is 0.409 e. The predicted molar refractivity (Wildman–Crippen MR) is 145 cm³/mol. The van der Waals surface area contributed by atoms with Gasteiger partial charge in [-0.1, -0.05) is 50.2 Å². The van der Waals surface area contributed by atoms with Crippen LogP contribution >= 0.6 is 11.8 Å². The Morgan fingerprint density at radius 2 is 1.85 bits per heavy atom. The molecule has 0 aliphatic heterocycles. The number of Topliss-reactive ketones (excluding diaryl/α,β-unsaturated/α-hetero) is 1. The minimum Gasteiger partial charge on any atom is -0.453 e. The van der Waals surface area contributed by atoms with Crippen molar-refractivity contribution in [3.8, 4) is 0 Å². The summed E-state index contributed by atoms with van der Waals surface area (Å²) in [5.41, 5.74) is -0.533. The van der Waals surface area contributed by atoms with E-state index in [2.05, 4.69) is 20.3 Å². The molecular formula is C27H37N5O6S. The van der Waals surface area contributed by atoms with E-state index in [-0.39, 0.29) is 22.9 Å². The van der Waals surface area contributed by atoms with Crippen LogP contribution in [-0.4, -0.2) is 82.4 Å². The van der Waals surface area contributed by atoms with Crippen LogP contribution in [0.5, 0.6) is 0 Å². The van der Waals surface area contributed by atoms with Gasteiger partial charge in [0.1, 0.15) is 11.7 Å². The van der Waals surface area contributed by atoms with Crippen LogP contribution in [0.2, 0.25) is 0 Å². The number of nitrogens with zero attached hydrogens (tertiary/aromatic N) is 4. The molecule has 0 bridgehead atoms. The van der Waals surface area contributed by atoms with Gasteiger partial charge in [-0.2, -0.15) is 0 Å². The Kier molecular flexibility index (Phi) is 10.9. The number of aromatic nitrogens is 2. The summed E-state index contributed by atoms with van der Waals surface area (Å²) in [5, 5.41) is 11.2. The molecule has 1 aliphatic rings. The number of hydrogen-bond donors (Lipinski definition) is 1. The lowest BCUT2D eigenvalue weighted by Crippen LogP contribution is -2.65. The van der Waals surface area contributed by atoms with Gasteiger partial charge in [0.05, 0.1) is 7.11 Å². The van der Waals surface area contributed by atoms with Gasteiger partial charge in [0, 0.05) is 24.9 Å². The third-order valence-electron chi connectivity index (χ3n) is 6.76. The first-order chi connectivity index (χ1) is 18.7. The molecule has 1 atom stereocenters. The van der Waals surface area contributed by atoms with Gasteiger partial charge in [0.25, 0.3) is 17.0 Å². The number of ether oxygens (including phenoxy) is 1. The van der Waals surface area contributed by atoms with Gasteiger partial charge in [0.15, 0.2) is 0 Å². The molecule has 12 heteroatoms. The molecule has 39 heavy (non-hydrogen) atoms. The van der Waals surface area contributed by atoms with Crippen molar-refractivity contribution in [3.05, 3.63) is 41.8 Å². The SMILES string of the molecule is COC(=O)N(C)CCSc1nnc(C(=O)[C@H](CC(C)C)N(C=O)C2(NC(=O)c3ccccc3)CCCCC2)o1. The summed E-state index contributed by atoms with van der Waals surface area (Å²) in [6.07, 6.45) is 4.22. The number of ketones is 1. The lowest BCUT2D eigenvalue weighted by atomic mass is 9.84. The van der Waals surface area contributed by atoms with Gasteiger partial charge >= 0.3 is 6.09 Å². The Hall–Kier alpha value is -3.41. The highest BCUT2D eigenvalue weighted by atomic mass is 32.2. The van der Waals surface area contributed by atoms with E-state index in [0.717, 1.165) is 19.3 Å². The molecule has 1 aromatic carbocycles. The molecule has 0 unspecified atom stereocenters. The number of thioether (sulfide) groups is 1. The highest BCUT2D eigenvalue weighted by Gasteiger charge is 2.45. The summed E-state index contributed by atoms with van der Waals surface area (Å²) in [7, 11) is 2.92. The number of hydrogen-bond acceptors (Lipinski definition) is 9. The van der Waals surface area contributed by atoms with Crippen molar-refractivity contribution in [1.82, 2.24) is 25.3 Å². The standard InChI is InChI=1S/C27H37N5O6S/c1-19(2)17-21(22(34)24-29-30-25(38-24)39-16-15-31(3)26(36)37-4)32(18-33)27(13-9-6-10-14-27)28-23(35)20-11-7-5-8-12-20/h5,7-8,11-12,18-19,21H,6,9-10,13-17H2,1-4H3,(H,28,35)/t21-/m0/s1. The summed E-state index contributed by atoms with van der Waals surface area (Å²) in [6.45, 7) is 4.31. The highest BCUT2D eigenvalue weighted by molar-refractivity contribution is 7.99. The molecule has 1 aromatic heterocycles. The van der Waals surface area contributed by atoms with Gasteiger partial charge in [-0.3, -0.25) is 14.4 Å².